The normalized spacial score (nSPS) is 11.2. The number of rotatable bonds is 7. The monoisotopic (exact) mass is 365 g/mol. The van der Waals surface area contributed by atoms with Crippen molar-refractivity contribution < 1.29 is 13.3 Å². The fraction of sp³-hybridized carbons (Fsp3) is 0.267. The highest BCUT2D eigenvalue weighted by Gasteiger charge is 2.19. The van der Waals surface area contributed by atoms with Gasteiger partial charge in [-0.25, -0.2) is 18.5 Å². The molecule has 0 saturated heterocycles. The minimum atomic E-state index is -4.02. The molecule has 2 aromatic rings. The number of nitro benzene ring substituents is 1. The van der Waals surface area contributed by atoms with Gasteiger partial charge >= 0.3 is 0 Å². The molecule has 0 atom stereocenters. The second-order valence-corrected chi connectivity index (χ2v) is 6.74. The van der Waals surface area contributed by atoms with Crippen LogP contribution in [0, 0.1) is 10.1 Å². The topological polar surface area (TPSA) is 131 Å². The van der Waals surface area contributed by atoms with Crippen molar-refractivity contribution in [2.75, 3.05) is 23.3 Å². The molecule has 134 valence electrons. The van der Waals surface area contributed by atoms with Gasteiger partial charge in [0.25, 0.3) is 5.69 Å². The van der Waals surface area contributed by atoms with Gasteiger partial charge in [0.05, 0.1) is 21.7 Å². The number of nitrogens with one attached hydrogen (secondary N) is 1. The van der Waals surface area contributed by atoms with Crippen molar-refractivity contribution in [2.45, 2.75) is 18.7 Å². The third-order valence-electron chi connectivity index (χ3n) is 3.61. The molecule has 1 heterocycles. The Balaban J connectivity index is 2.32. The van der Waals surface area contributed by atoms with Gasteiger partial charge in [0, 0.05) is 19.2 Å². The van der Waals surface area contributed by atoms with Crippen molar-refractivity contribution in [3.8, 4) is 0 Å². The van der Waals surface area contributed by atoms with E-state index in [1.54, 1.807) is 18.3 Å². The molecule has 0 radical (unpaired) electrons. The van der Waals surface area contributed by atoms with Gasteiger partial charge < -0.3 is 10.2 Å². The molecule has 0 aliphatic heterocycles. The van der Waals surface area contributed by atoms with Crippen LogP contribution in [0.1, 0.15) is 13.8 Å². The summed E-state index contributed by atoms with van der Waals surface area (Å²) in [6, 6.07) is 6.99. The van der Waals surface area contributed by atoms with E-state index in [0.29, 0.717) is 5.69 Å². The third kappa shape index (κ3) is 4.43. The summed E-state index contributed by atoms with van der Waals surface area (Å²) in [7, 11) is -4.02. The van der Waals surface area contributed by atoms with Gasteiger partial charge in [-0.1, -0.05) is 0 Å². The highest BCUT2D eigenvalue weighted by Crippen LogP contribution is 2.30. The van der Waals surface area contributed by atoms with Crippen LogP contribution in [0.2, 0.25) is 0 Å². The van der Waals surface area contributed by atoms with Crippen molar-refractivity contribution in [3.63, 3.8) is 0 Å². The summed E-state index contributed by atoms with van der Waals surface area (Å²) in [5, 5.41) is 19.1. The van der Waals surface area contributed by atoms with Crippen LogP contribution in [-0.4, -0.2) is 31.4 Å². The Kier molecular flexibility index (Phi) is 5.55. The van der Waals surface area contributed by atoms with Gasteiger partial charge in [-0.2, -0.15) is 0 Å². The summed E-state index contributed by atoms with van der Waals surface area (Å²) >= 11 is 0. The molecule has 0 spiro atoms. The lowest BCUT2D eigenvalue weighted by atomic mass is 10.2. The van der Waals surface area contributed by atoms with Gasteiger partial charge in [0.15, 0.2) is 0 Å². The maximum absolute atomic E-state index is 11.4. The van der Waals surface area contributed by atoms with Crippen molar-refractivity contribution in [2.24, 2.45) is 5.14 Å². The number of hydrogen-bond donors (Lipinski definition) is 2. The Morgan fingerprint density at radius 1 is 1.24 bits per heavy atom. The van der Waals surface area contributed by atoms with Crippen molar-refractivity contribution >= 4 is 32.9 Å². The van der Waals surface area contributed by atoms with E-state index in [2.05, 4.69) is 15.2 Å². The summed E-state index contributed by atoms with van der Waals surface area (Å²) in [4.78, 5) is 16.6. The summed E-state index contributed by atoms with van der Waals surface area (Å²) in [5.74, 6) is 0.801. The quantitative estimate of drug-likeness (QED) is 0.568. The fourth-order valence-electron chi connectivity index (χ4n) is 2.30. The number of benzene rings is 1. The van der Waals surface area contributed by atoms with Crippen LogP contribution in [0.5, 0.6) is 0 Å². The summed E-state index contributed by atoms with van der Waals surface area (Å²) in [5.41, 5.74) is 0.302. The zero-order chi connectivity index (χ0) is 18.6. The molecule has 25 heavy (non-hydrogen) atoms. The molecular weight excluding hydrogens is 346 g/mol. The number of sulfonamides is 1. The van der Waals surface area contributed by atoms with E-state index in [-0.39, 0.29) is 16.3 Å². The van der Waals surface area contributed by atoms with Crippen LogP contribution in [0.3, 0.4) is 0 Å². The highest BCUT2D eigenvalue weighted by molar-refractivity contribution is 7.89. The molecule has 3 N–H and O–H groups in total. The van der Waals surface area contributed by atoms with Gasteiger partial charge in [-0.05, 0) is 38.1 Å². The second-order valence-electron chi connectivity index (χ2n) is 5.18. The summed E-state index contributed by atoms with van der Waals surface area (Å²) < 4.78 is 22.7. The molecule has 1 aromatic carbocycles. The lowest BCUT2D eigenvalue weighted by Gasteiger charge is -2.19. The highest BCUT2D eigenvalue weighted by atomic mass is 32.2. The number of aromatic nitrogens is 1. The minimum Gasteiger partial charge on any atom is -0.357 e. The number of nitro groups is 1. The first-order valence-electron chi connectivity index (χ1n) is 7.55. The third-order valence-corrected chi connectivity index (χ3v) is 4.52. The molecular formula is C15H19N5O4S. The Morgan fingerprint density at radius 3 is 2.40 bits per heavy atom. The molecule has 0 unspecified atom stereocenters. The predicted octanol–water partition coefficient (Wildman–Crippen LogP) is 2.23. The van der Waals surface area contributed by atoms with E-state index in [1.807, 2.05) is 13.8 Å². The number of nitrogens with two attached hydrogens (primary N) is 1. The average molecular weight is 365 g/mol. The zero-order valence-corrected chi connectivity index (χ0v) is 14.7. The molecule has 9 nitrogen and oxygen atoms in total. The van der Waals surface area contributed by atoms with Crippen LogP contribution in [0.15, 0.2) is 41.4 Å². The first-order chi connectivity index (χ1) is 11.8. The Labute approximate surface area is 145 Å². The fourth-order valence-corrected chi connectivity index (χ4v) is 2.83. The second kappa shape index (κ2) is 7.45. The van der Waals surface area contributed by atoms with Gasteiger partial charge in [0.2, 0.25) is 10.0 Å². The number of primary sulfonamides is 1. The number of pyridine rings is 1. The number of nitrogens with zero attached hydrogens (tertiary/aromatic N) is 3. The smallest absolute Gasteiger partial charge is 0.294 e. The minimum absolute atomic E-state index is 0.148. The van der Waals surface area contributed by atoms with E-state index in [9.17, 15) is 18.5 Å². The van der Waals surface area contributed by atoms with Gasteiger partial charge in [-0.3, -0.25) is 10.1 Å². The molecule has 0 aliphatic rings. The van der Waals surface area contributed by atoms with Crippen LogP contribution in [-0.2, 0) is 10.0 Å². The first kappa shape index (κ1) is 18.6. The van der Waals surface area contributed by atoms with E-state index in [1.165, 1.54) is 12.1 Å². The van der Waals surface area contributed by atoms with Gasteiger partial charge in [0.1, 0.15) is 11.5 Å². The largest absolute Gasteiger partial charge is 0.357 e. The van der Waals surface area contributed by atoms with Crippen LogP contribution in [0.25, 0.3) is 0 Å². The average Bonchev–Trinajstić information content (AvgIpc) is 2.56. The van der Waals surface area contributed by atoms with E-state index in [4.69, 9.17) is 5.14 Å². The molecule has 2 rings (SSSR count). The summed E-state index contributed by atoms with van der Waals surface area (Å²) in [6.07, 6.45) is 1.56. The Hall–Kier alpha value is -2.72. The van der Waals surface area contributed by atoms with Crippen molar-refractivity contribution in [1.82, 2.24) is 4.98 Å². The maximum atomic E-state index is 11.4. The number of hydrogen-bond acceptors (Lipinski definition) is 7. The lowest BCUT2D eigenvalue weighted by molar-refractivity contribution is -0.384. The summed E-state index contributed by atoms with van der Waals surface area (Å²) in [6.45, 7) is 5.68. The van der Waals surface area contributed by atoms with Crippen LogP contribution >= 0.6 is 0 Å². The molecule has 10 heteroatoms. The predicted molar refractivity (Wildman–Crippen MR) is 95.6 cm³/mol. The standard InChI is InChI=1S/C15H19N5O4S/c1-3-19(4-2)15-8-5-11(10-17-15)18-13-7-6-12(25(16,23)24)9-14(13)20(21)22/h5-10,18H,3-4H2,1-2H3,(H2,16,23,24). The zero-order valence-electron chi connectivity index (χ0n) is 13.8. The van der Waals surface area contributed by atoms with E-state index in [0.717, 1.165) is 25.0 Å². The Bertz CT molecular complexity index is 864. The number of anilines is 3. The van der Waals surface area contributed by atoms with E-state index < -0.39 is 14.9 Å². The molecule has 0 fully saturated rings. The lowest BCUT2D eigenvalue weighted by Crippen LogP contribution is -2.22. The van der Waals surface area contributed by atoms with Crippen molar-refractivity contribution in [1.29, 1.82) is 0 Å². The Morgan fingerprint density at radius 2 is 1.92 bits per heavy atom. The molecule has 1 aromatic heterocycles. The SMILES string of the molecule is CCN(CC)c1ccc(Nc2ccc(S(N)(=O)=O)cc2[N+](=O)[O-])cn1. The molecule has 0 amide bonds. The maximum Gasteiger partial charge on any atom is 0.294 e. The first-order valence-corrected chi connectivity index (χ1v) is 9.10. The van der Waals surface area contributed by atoms with E-state index >= 15 is 0 Å². The molecule has 0 saturated carbocycles. The van der Waals surface area contributed by atoms with Crippen LogP contribution in [0.4, 0.5) is 22.9 Å². The van der Waals surface area contributed by atoms with Crippen LogP contribution < -0.4 is 15.4 Å². The van der Waals surface area contributed by atoms with Gasteiger partial charge in [-0.15, -0.1) is 0 Å². The van der Waals surface area contributed by atoms with Crippen molar-refractivity contribution in [3.05, 3.63) is 46.6 Å². The molecule has 0 aliphatic carbocycles. The molecule has 0 bridgehead atoms.